The summed E-state index contributed by atoms with van der Waals surface area (Å²) in [6.45, 7) is 2.39. The van der Waals surface area contributed by atoms with Crippen LogP contribution >= 0.6 is 11.3 Å². The second-order valence-corrected chi connectivity index (χ2v) is 7.22. The average molecular weight is 344 g/mol. The van der Waals surface area contributed by atoms with Crippen molar-refractivity contribution in [2.45, 2.75) is 25.0 Å². The molecule has 0 spiro atoms. The molecule has 1 fully saturated rings. The van der Waals surface area contributed by atoms with E-state index in [0.717, 1.165) is 26.7 Å². The molecule has 2 N–H and O–H groups in total. The van der Waals surface area contributed by atoms with E-state index in [9.17, 15) is 5.11 Å². The molecule has 5 nitrogen and oxygen atoms in total. The van der Waals surface area contributed by atoms with E-state index >= 15 is 0 Å². The van der Waals surface area contributed by atoms with Gasteiger partial charge in [-0.25, -0.2) is 4.98 Å². The van der Waals surface area contributed by atoms with Crippen molar-refractivity contribution >= 4 is 21.6 Å². The van der Waals surface area contributed by atoms with E-state index in [-0.39, 0.29) is 0 Å². The van der Waals surface area contributed by atoms with Gasteiger partial charge in [0.25, 0.3) is 0 Å². The summed E-state index contributed by atoms with van der Waals surface area (Å²) in [5.41, 5.74) is 0.330. The molecular weight excluding hydrogens is 324 g/mol. The van der Waals surface area contributed by atoms with Crippen LogP contribution in [0.3, 0.4) is 0 Å². The normalized spacial score (nSPS) is 17.4. The number of hydrogen-bond donors (Lipinski definition) is 2. The van der Waals surface area contributed by atoms with Crippen LogP contribution in [-0.2, 0) is 11.3 Å². The van der Waals surface area contributed by atoms with Gasteiger partial charge >= 0.3 is 0 Å². The number of thiazole rings is 1. The summed E-state index contributed by atoms with van der Waals surface area (Å²) in [6, 6.07) is 12.0. The minimum Gasteiger partial charge on any atom is -0.457 e. The molecule has 0 saturated carbocycles. The number of nitrogens with one attached hydrogen (secondary N) is 1. The summed E-state index contributed by atoms with van der Waals surface area (Å²) in [7, 11) is 0. The third-order valence-electron chi connectivity index (χ3n) is 4.34. The molecule has 1 aliphatic heterocycles. The second kappa shape index (κ2) is 6.64. The number of benzene rings is 1. The first-order chi connectivity index (χ1) is 11.7. The zero-order valence-corrected chi connectivity index (χ0v) is 14.1. The van der Waals surface area contributed by atoms with Crippen molar-refractivity contribution in [1.29, 1.82) is 0 Å². The van der Waals surface area contributed by atoms with E-state index in [4.69, 9.17) is 9.15 Å². The minimum atomic E-state index is -0.666. The molecule has 0 bridgehead atoms. The zero-order chi connectivity index (χ0) is 16.4. The lowest BCUT2D eigenvalue weighted by molar-refractivity contribution is -0.0618. The van der Waals surface area contributed by atoms with Gasteiger partial charge in [-0.05, 0) is 24.3 Å². The summed E-state index contributed by atoms with van der Waals surface area (Å²) in [4.78, 5) is 4.61. The number of furan rings is 1. The molecule has 0 aliphatic carbocycles. The highest BCUT2D eigenvalue weighted by Crippen LogP contribution is 2.31. The standard InChI is InChI=1S/C18H20N2O3S/c21-18(7-9-22-10-8-18)12-19-11-13-5-6-15(23-13)17-20-14-3-1-2-4-16(14)24-17/h1-6,19,21H,7-12H2. The molecule has 0 atom stereocenters. The van der Waals surface area contributed by atoms with E-state index in [2.05, 4.69) is 16.4 Å². The molecule has 2 aromatic heterocycles. The Morgan fingerprint density at radius 3 is 2.83 bits per heavy atom. The van der Waals surface area contributed by atoms with Crippen LogP contribution in [0.1, 0.15) is 18.6 Å². The summed E-state index contributed by atoms with van der Waals surface area (Å²) in [5.74, 6) is 1.64. The van der Waals surface area contributed by atoms with E-state index in [1.807, 2.05) is 30.3 Å². The average Bonchev–Trinajstić information content (AvgIpc) is 3.21. The van der Waals surface area contributed by atoms with Crippen LogP contribution in [0.2, 0.25) is 0 Å². The van der Waals surface area contributed by atoms with Gasteiger partial charge in [0.2, 0.25) is 0 Å². The summed E-state index contributed by atoms with van der Waals surface area (Å²) < 4.78 is 12.4. The SMILES string of the molecule is OC1(CNCc2ccc(-c3nc4ccccc4s3)o2)CCOCC1. The number of rotatable bonds is 5. The van der Waals surface area contributed by atoms with E-state index in [1.54, 1.807) is 11.3 Å². The molecule has 1 saturated heterocycles. The van der Waals surface area contributed by atoms with E-state index in [0.29, 0.717) is 39.1 Å². The van der Waals surface area contributed by atoms with Crippen LogP contribution in [0.4, 0.5) is 0 Å². The molecule has 3 aromatic rings. The van der Waals surface area contributed by atoms with Gasteiger partial charge in [-0.3, -0.25) is 0 Å². The Kier molecular flexibility index (Phi) is 4.37. The fraction of sp³-hybridized carbons (Fsp3) is 0.389. The summed E-state index contributed by atoms with van der Waals surface area (Å²) >= 11 is 1.63. The number of aromatic nitrogens is 1. The van der Waals surface area contributed by atoms with Crippen LogP contribution in [0, 0.1) is 0 Å². The first kappa shape index (κ1) is 15.8. The Morgan fingerprint density at radius 1 is 1.17 bits per heavy atom. The van der Waals surface area contributed by atoms with E-state index in [1.165, 1.54) is 0 Å². The van der Waals surface area contributed by atoms with Crippen molar-refractivity contribution in [3.63, 3.8) is 0 Å². The van der Waals surface area contributed by atoms with Gasteiger partial charge in [-0.1, -0.05) is 12.1 Å². The van der Waals surface area contributed by atoms with Crippen molar-refractivity contribution in [1.82, 2.24) is 10.3 Å². The first-order valence-corrected chi connectivity index (χ1v) is 8.99. The molecule has 3 heterocycles. The molecule has 0 unspecified atom stereocenters. The molecule has 1 aromatic carbocycles. The van der Waals surface area contributed by atoms with Crippen LogP contribution in [0.5, 0.6) is 0 Å². The van der Waals surface area contributed by atoms with Gasteiger partial charge in [-0.2, -0.15) is 0 Å². The molecule has 24 heavy (non-hydrogen) atoms. The number of nitrogens with zero attached hydrogens (tertiary/aromatic N) is 1. The molecular formula is C18H20N2O3S. The van der Waals surface area contributed by atoms with Gasteiger partial charge in [0.05, 0.1) is 22.4 Å². The molecule has 0 radical (unpaired) electrons. The summed E-state index contributed by atoms with van der Waals surface area (Å²) in [5, 5.41) is 14.6. The highest BCUT2D eigenvalue weighted by Gasteiger charge is 2.29. The van der Waals surface area contributed by atoms with Crippen LogP contribution in [-0.4, -0.2) is 35.5 Å². The number of para-hydroxylation sites is 1. The number of hydrogen-bond acceptors (Lipinski definition) is 6. The van der Waals surface area contributed by atoms with Gasteiger partial charge < -0.3 is 19.6 Å². The molecule has 1 aliphatic rings. The monoisotopic (exact) mass is 344 g/mol. The Hall–Kier alpha value is -1.73. The quantitative estimate of drug-likeness (QED) is 0.744. The molecule has 4 rings (SSSR count). The number of aliphatic hydroxyl groups is 1. The van der Waals surface area contributed by atoms with Crippen molar-refractivity contribution in [2.24, 2.45) is 0 Å². The number of ether oxygens (including phenoxy) is 1. The third kappa shape index (κ3) is 3.37. The minimum absolute atomic E-state index is 0.549. The number of fused-ring (bicyclic) bond motifs is 1. The largest absolute Gasteiger partial charge is 0.457 e. The van der Waals surface area contributed by atoms with E-state index < -0.39 is 5.60 Å². The second-order valence-electron chi connectivity index (χ2n) is 6.19. The Balaban J connectivity index is 1.39. The maximum Gasteiger partial charge on any atom is 0.163 e. The van der Waals surface area contributed by atoms with Crippen molar-refractivity contribution < 1.29 is 14.3 Å². The first-order valence-electron chi connectivity index (χ1n) is 8.17. The topological polar surface area (TPSA) is 67.5 Å². The fourth-order valence-electron chi connectivity index (χ4n) is 2.91. The van der Waals surface area contributed by atoms with Crippen molar-refractivity contribution in [3.8, 4) is 10.8 Å². The highest BCUT2D eigenvalue weighted by molar-refractivity contribution is 7.21. The lowest BCUT2D eigenvalue weighted by Crippen LogP contribution is -2.44. The van der Waals surface area contributed by atoms with Crippen LogP contribution < -0.4 is 5.32 Å². The van der Waals surface area contributed by atoms with Gasteiger partial charge in [0.1, 0.15) is 5.76 Å². The third-order valence-corrected chi connectivity index (χ3v) is 5.39. The van der Waals surface area contributed by atoms with Crippen LogP contribution in [0.15, 0.2) is 40.8 Å². The zero-order valence-electron chi connectivity index (χ0n) is 13.3. The van der Waals surface area contributed by atoms with Gasteiger partial charge in [-0.15, -0.1) is 11.3 Å². The maximum absolute atomic E-state index is 10.4. The lowest BCUT2D eigenvalue weighted by atomic mass is 9.94. The Bertz CT molecular complexity index is 787. The van der Waals surface area contributed by atoms with Gasteiger partial charge in [0.15, 0.2) is 10.8 Å². The maximum atomic E-state index is 10.4. The molecule has 6 heteroatoms. The fourth-order valence-corrected chi connectivity index (χ4v) is 3.84. The highest BCUT2D eigenvalue weighted by atomic mass is 32.1. The molecule has 0 amide bonds. The Morgan fingerprint density at radius 2 is 2.00 bits per heavy atom. The lowest BCUT2D eigenvalue weighted by Gasteiger charge is -2.32. The molecule has 126 valence electrons. The van der Waals surface area contributed by atoms with Gasteiger partial charge in [0, 0.05) is 32.6 Å². The van der Waals surface area contributed by atoms with Crippen molar-refractivity contribution in [3.05, 3.63) is 42.2 Å². The predicted octanol–water partition coefficient (Wildman–Crippen LogP) is 3.19. The Labute approximate surface area is 144 Å². The van der Waals surface area contributed by atoms with Crippen LogP contribution in [0.25, 0.3) is 21.0 Å². The summed E-state index contributed by atoms with van der Waals surface area (Å²) in [6.07, 6.45) is 1.35. The smallest absolute Gasteiger partial charge is 0.163 e. The predicted molar refractivity (Wildman–Crippen MR) is 94.0 cm³/mol. The van der Waals surface area contributed by atoms with Crippen molar-refractivity contribution in [2.75, 3.05) is 19.8 Å².